The molecule has 0 fully saturated rings. The molecule has 31 heavy (non-hydrogen) atoms. The van der Waals surface area contributed by atoms with Gasteiger partial charge in [-0.2, -0.15) is 0 Å². The number of amides is 1. The lowest BCUT2D eigenvalue weighted by molar-refractivity contribution is -0.132. The minimum absolute atomic E-state index is 0.310. The van der Waals surface area contributed by atoms with Gasteiger partial charge in [0.05, 0.1) is 0 Å². The van der Waals surface area contributed by atoms with Crippen molar-refractivity contribution in [3.63, 3.8) is 0 Å². The lowest BCUT2D eigenvalue weighted by atomic mass is 10.1. The van der Waals surface area contributed by atoms with Crippen LogP contribution in [-0.2, 0) is 4.79 Å². The highest BCUT2D eigenvalue weighted by Gasteiger charge is 2.30. The molecular weight excluding hydrogens is 465 g/mol. The second-order valence-electron chi connectivity index (χ2n) is 5.94. The van der Waals surface area contributed by atoms with Gasteiger partial charge < -0.3 is 10.4 Å². The molecule has 3 rings (SSSR count). The fourth-order valence-corrected chi connectivity index (χ4v) is 3.80. The Morgan fingerprint density at radius 3 is 2.06 bits per heavy atom. The summed E-state index contributed by atoms with van der Waals surface area (Å²) in [6.45, 7) is 0. The monoisotopic (exact) mass is 473 g/mol. The summed E-state index contributed by atoms with van der Waals surface area (Å²) in [5.74, 6) is -15.4. The molecule has 0 bridgehead atoms. The summed E-state index contributed by atoms with van der Waals surface area (Å²) >= 11 is 7.20. The van der Waals surface area contributed by atoms with Crippen LogP contribution in [0.1, 0.15) is 15.2 Å². The average Bonchev–Trinajstić information content (AvgIpc) is 3.19. The third kappa shape index (κ3) is 4.44. The van der Waals surface area contributed by atoms with Crippen molar-refractivity contribution in [2.24, 2.45) is 0 Å². The van der Waals surface area contributed by atoms with E-state index < -0.39 is 52.2 Å². The fraction of sp³-hybridized carbons (Fsp3) is 0. The Labute approximate surface area is 180 Å². The average molecular weight is 474 g/mol. The Kier molecular flexibility index (Phi) is 6.42. The van der Waals surface area contributed by atoms with Crippen LogP contribution >= 0.6 is 22.9 Å². The summed E-state index contributed by atoms with van der Waals surface area (Å²) < 4.78 is 67.4. The largest absolute Gasteiger partial charge is 0.477 e. The van der Waals surface area contributed by atoms with E-state index in [0.29, 0.717) is 20.3 Å². The number of carboxylic acid groups (broad SMARTS) is 1. The van der Waals surface area contributed by atoms with Gasteiger partial charge in [-0.25, -0.2) is 26.7 Å². The van der Waals surface area contributed by atoms with Crippen molar-refractivity contribution in [3.8, 4) is 10.4 Å². The van der Waals surface area contributed by atoms with Gasteiger partial charge in [0.1, 0.15) is 11.3 Å². The quantitative estimate of drug-likeness (QED) is 0.219. The van der Waals surface area contributed by atoms with E-state index in [1.807, 2.05) is 0 Å². The Morgan fingerprint density at radius 2 is 1.48 bits per heavy atom. The first kappa shape index (κ1) is 22.4. The maximum atomic E-state index is 13.8. The summed E-state index contributed by atoms with van der Waals surface area (Å²) in [7, 11) is 0. The zero-order chi connectivity index (χ0) is 22.9. The zero-order valence-electron chi connectivity index (χ0n) is 15.0. The number of hydrogen-bond acceptors (Lipinski definition) is 3. The van der Waals surface area contributed by atoms with E-state index >= 15 is 0 Å². The van der Waals surface area contributed by atoms with Crippen LogP contribution < -0.4 is 5.32 Å². The Bertz CT molecular complexity index is 1210. The number of carbonyl (C=O) groups excluding carboxylic acids is 1. The van der Waals surface area contributed by atoms with E-state index in [0.717, 1.165) is 17.4 Å². The van der Waals surface area contributed by atoms with Crippen LogP contribution in [0.5, 0.6) is 0 Å². The van der Waals surface area contributed by atoms with Gasteiger partial charge in [-0.1, -0.05) is 29.8 Å². The lowest BCUT2D eigenvalue weighted by Crippen LogP contribution is -2.29. The number of thiophene rings is 1. The van der Waals surface area contributed by atoms with Gasteiger partial charge in [0.15, 0.2) is 23.3 Å². The molecule has 1 amide bonds. The Hall–Kier alpha value is -3.24. The molecule has 160 valence electrons. The Morgan fingerprint density at radius 1 is 0.903 bits per heavy atom. The van der Waals surface area contributed by atoms with Crippen molar-refractivity contribution in [2.45, 2.75) is 0 Å². The molecule has 0 unspecified atom stereocenters. The van der Waals surface area contributed by atoms with Crippen molar-refractivity contribution in [3.05, 3.63) is 86.6 Å². The van der Waals surface area contributed by atoms with Crippen LogP contribution in [-0.4, -0.2) is 17.0 Å². The maximum Gasteiger partial charge on any atom is 0.352 e. The smallest absolute Gasteiger partial charge is 0.352 e. The van der Waals surface area contributed by atoms with Crippen molar-refractivity contribution >= 4 is 40.9 Å². The molecular formula is C20H9ClF5NO3S. The van der Waals surface area contributed by atoms with Crippen LogP contribution in [0.4, 0.5) is 22.0 Å². The first-order valence-corrected chi connectivity index (χ1v) is 9.43. The second kappa shape index (κ2) is 8.86. The van der Waals surface area contributed by atoms with Crippen molar-refractivity contribution in [1.82, 2.24) is 5.32 Å². The van der Waals surface area contributed by atoms with E-state index in [9.17, 15) is 36.6 Å². The van der Waals surface area contributed by atoms with Gasteiger partial charge in [0, 0.05) is 20.3 Å². The van der Waals surface area contributed by atoms with E-state index in [2.05, 4.69) is 0 Å². The third-order valence-corrected chi connectivity index (χ3v) is 5.36. The number of rotatable bonds is 5. The van der Waals surface area contributed by atoms with Crippen molar-refractivity contribution in [2.75, 3.05) is 0 Å². The number of nitrogens with one attached hydrogen (secondary N) is 1. The van der Waals surface area contributed by atoms with Crippen LogP contribution in [0.15, 0.2) is 42.1 Å². The van der Waals surface area contributed by atoms with Crippen LogP contribution in [0.3, 0.4) is 0 Å². The molecule has 0 aliphatic rings. The molecule has 0 atom stereocenters. The number of halogens is 6. The molecule has 0 aliphatic heterocycles. The maximum absolute atomic E-state index is 13.8. The van der Waals surface area contributed by atoms with E-state index in [1.165, 1.54) is 6.07 Å². The van der Waals surface area contributed by atoms with Gasteiger partial charge in [0.25, 0.3) is 5.91 Å². The molecule has 0 radical (unpaired) electrons. The molecule has 2 N–H and O–H groups in total. The number of hydrogen-bond donors (Lipinski definition) is 2. The molecule has 0 aliphatic carbocycles. The summed E-state index contributed by atoms with van der Waals surface area (Å²) in [4.78, 5) is 24.5. The summed E-state index contributed by atoms with van der Waals surface area (Å²) in [6.07, 6.45) is 0.970. The zero-order valence-corrected chi connectivity index (χ0v) is 16.6. The topological polar surface area (TPSA) is 66.4 Å². The number of aliphatic carboxylic acids is 1. The first-order chi connectivity index (χ1) is 14.6. The van der Waals surface area contributed by atoms with Gasteiger partial charge in [-0.15, -0.1) is 11.3 Å². The molecule has 0 saturated carbocycles. The summed E-state index contributed by atoms with van der Waals surface area (Å²) in [6, 6.07) is 9.96. The van der Waals surface area contributed by atoms with Gasteiger partial charge in [0.2, 0.25) is 5.82 Å². The molecule has 0 spiro atoms. The molecule has 3 aromatic rings. The molecule has 4 nitrogen and oxygen atoms in total. The van der Waals surface area contributed by atoms with Crippen LogP contribution in [0.2, 0.25) is 5.02 Å². The summed E-state index contributed by atoms with van der Waals surface area (Å²) in [5, 5.41) is 11.4. The highest BCUT2D eigenvalue weighted by atomic mass is 35.5. The number of carboxylic acids is 1. The molecule has 1 aromatic heterocycles. The number of carbonyl (C=O) groups is 2. The predicted molar refractivity (Wildman–Crippen MR) is 104 cm³/mol. The van der Waals surface area contributed by atoms with Gasteiger partial charge >= 0.3 is 5.97 Å². The molecule has 2 aromatic carbocycles. The summed E-state index contributed by atoms with van der Waals surface area (Å²) in [5.41, 5.74) is -1.98. The normalized spacial score (nSPS) is 11.5. The van der Waals surface area contributed by atoms with Crippen molar-refractivity contribution < 1.29 is 36.6 Å². The van der Waals surface area contributed by atoms with Crippen molar-refractivity contribution in [1.29, 1.82) is 0 Å². The number of benzene rings is 2. The first-order valence-electron chi connectivity index (χ1n) is 8.24. The molecule has 1 heterocycles. The van der Waals surface area contributed by atoms with Gasteiger partial charge in [-0.3, -0.25) is 4.79 Å². The highest BCUT2D eigenvalue weighted by Crippen LogP contribution is 2.34. The minimum atomic E-state index is -2.44. The van der Waals surface area contributed by atoms with Crippen LogP contribution in [0, 0.1) is 29.1 Å². The van der Waals surface area contributed by atoms with E-state index in [-0.39, 0.29) is 0 Å². The lowest BCUT2D eigenvalue weighted by Gasteiger charge is -2.09. The fourth-order valence-electron chi connectivity index (χ4n) is 2.52. The Balaban J connectivity index is 1.95. The minimum Gasteiger partial charge on any atom is -0.477 e. The molecule has 0 saturated heterocycles. The third-order valence-electron chi connectivity index (χ3n) is 3.97. The van der Waals surface area contributed by atoms with E-state index in [4.69, 9.17) is 11.6 Å². The standard InChI is InChI=1S/C20H9ClF5NO3S/c21-10-4-2-1-3-9(10)12-6-5-8(31-12)7-11(20(29)30)27-19(28)13-14(22)16(24)18(26)17(25)15(13)23/h1-7H,(H,27,28)(H,29,30). The van der Waals surface area contributed by atoms with E-state index in [1.54, 1.807) is 35.6 Å². The second-order valence-corrected chi connectivity index (χ2v) is 7.47. The van der Waals surface area contributed by atoms with Crippen LogP contribution in [0.25, 0.3) is 16.5 Å². The SMILES string of the molecule is O=C(O)C(=Cc1ccc(-c2ccccc2Cl)s1)NC(=O)c1c(F)c(F)c(F)c(F)c1F. The van der Waals surface area contributed by atoms with Gasteiger partial charge in [-0.05, 0) is 24.3 Å². The highest BCUT2D eigenvalue weighted by molar-refractivity contribution is 7.16. The molecule has 11 heteroatoms. The predicted octanol–water partition coefficient (Wildman–Crippen LogP) is 5.62.